The molecule has 0 atom stereocenters. The molecule has 0 unspecified atom stereocenters. The Kier molecular flexibility index (Phi) is 2.69. The lowest BCUT2D eigenvalue weighted by Gasteiger charge is -1.99. The van der Waals surface area contributed by atoms with Crippen molar-refractivity contribution in [2.45, 2.75) is 20.3 Å². The van der Waals surface area contributed by atoms with Gasteiger partial charge in [-0.2, -0.15) is 4.37 Å². The molecule has 1 nitrogen and oxygen atoms in total. The zero-order valence-electron chi connectivity index (χ0n) is 6.10. The summed E-state index contributed by atoms with van der Waals surface area (Å²) in [5.74, 6) is 0.661. The lowest BCUT2D eigenvalue weighted by atomic mass is 10.1. The molecule has 0 fully saturated rings. The molecular formula is C7H10ClNS. The number of halogens is 1. The molecule has 0 aliphatic heterocycles. The van der Waals surface area contributed by atoms with Gasteiger partial charge in [0.2, 0.25) is 0 Å². The van der Waals surface area contributed by atoms with Gasteiger partial charge in [0.15, 0.2) is 0 Å². The van der Waals surface area contributed by atoms with Gasteiger partial charge in [0.25, 0.3) is 0 Å². The van der Waals surface area contributed by atoms with Gasteiger partial charge in [-0.3, -0.25) is 0 Å². The summed E-state index contributed by atoms with van der Waals surface area (Å²) in [6, 6.07) is 0. The molecule has 10 heavy (non-hydrogen) atoms. The normalized spacial score (nSPS) is 10.8. The predicted molar refractivity (Wildman–Crippen MR) is 45.7 cm³/mol. The molecule has 0 N–H and O–H groups in total. The maximum absolute atomic E-state index is 5.84. The van der Waals surface area contributed by atoms with Crippen molar-refractivity contribution >= 4 is 23.1 Å². The number of rotatable bonds is 2. The minimum absolute atomic E-state index is 0.661. The Labute approximate surface area is 70.2 Å². The molecular weight excluding hydrogens is 166 g/mol. The smallest absolute Gasteiger partial charge is 0.117 e. The van der Waals surface area contributed by atoms with Gasteiger partial charge in [-0.15, -0.1) is 0 Å². The van der Waals surface area contributed by atoms with Gasteiger partial charge in [0, 0.05) is 11.8 Å². The Morgan fingerprint density at radius 1 is 1.70 bits per heavy atom. The summed E-state index contributed by atoms with van der Waals surface area (Å²) in [7, 11) is 0. The standard InChI is InChI=1S/C7H10ClNS/c1-5(2)3-6-4-9-10-7(6)8/h4-5H,3H2,1-2H3. The average molecular weight is 176 g/mol. The Hall–Kier alpha value is -0.0800. The van der Waals surface area contributed by atoms with Crippen LogP contribution in [0, 0.1) is 5.92 Å². The first kappa shape index (κ1) is 8.02. The van der Waals surface area contributed by atoms with Crippen LogP contribution in [0.3, 0.4) is 0 Å². The molecule has 1 rings (SSSR count). The van der Waals surface area contributed by atoms with E-state index in [4.69, 9.17) is 11.6 Å². The molecule has 0 bridgehead atoms. The molecule has 0 saturated carbocycles. The van der Waals surface area contributed by atoms with E-state index in [2.05, 4.69) is 18.2 Å². The van der Waals surface area contributed by atoms with E-state index < -0.39 is 0 Å². The number of hydrogen-bond donors (Lipinski definition) is 0. The fraction of sp³-hybridized carbons (Fsp3) is 0.571. The van der Waals surface area contributed by atoms with E-state index in [0.29, 0.717) is 5.92 Å². The van der Waals surface area contributed by atoms with Crippen LogP contribution in [0.25, 0.3) is 0 Å². The van der Waals surface area contributed by atoms with Crippen molar-refractivity contribution < 1.29 is 0 Å². The quantitative estimate of drug-likeness (QED) is 0.674. The van der Waals surface area contributed by atoms with Gasteiger partial charge in [-0.1, -0.05) is 25.4 Å². The van der Waals surface area contributed by atoms with Crippen LogP contribution in [-0.4, -0.2) is 4.37 Å². The monoisotopic (exact) mass is 175 g/mol. The Morgan fingerprint density at radius 2 is 2.40 bits per heavy atom. The summed E-state index contributed by atoms with van der Waals surface area (Å²) in [6.45, 7) is 4.35. The van der Waals surface area contributed by atoms with Gasteiger partial charge >= 0.3 is 0 Å². The third kappa shape index (κ3) is 1.96. The highest BCUT2D eigenvalue weighted by Gasteiger charge is 2.03. The summed E-state index contributed by atoms with van der Waals surface area (Å²) >= 11 is 7.20. The average Bonchev–Trinajstić information content (AvgIpc) is 2.15. The van der Waals surface area contributed by atoms with Crippen molar-refractivity contribution in [2.75, 3.05) is 0 Å². The van der Waals surface area contributed by atoms with Crippen molar-refractivity contribution in [1.82, 2.24) is 4.37 Å². The van der Waals surface area contributed by atoms with E-state index in [1.807, 2.05) is 6.20 Å². The van der Waals surface area contributed by atoms with Crippen LogP contribution >= 0.6 is 23.1 Å². The first-order valence-electron chi connectivity index (χ1n) is 3.29. The largest absolute Gasteiger partial charge is 0.199 e. The molecule has 1 heterocycles. The van der Waals surface area contributed by atoms with Crippen molar-refractivity contribution in [3.05, 3.63) is 16.1 Å². The second-order valence-electron chi connectivity index (χ2n) is 2.72. The van der Waals surface area contributed by atoms with E-state index in [-0.39, 0.29) is 0 Å². The van der Waals surface area contributed by atoms with Crippen LogP contribution < -0.4 is 0 Å². The molecule has 0 amide bonds. The van der Waals surface area contributed by atoms with Crippen LogP contribution in [0.5, 0.6) is 0 Å². The highest BCUT2D eigenvalue weighted by atomic mass is 35.5. The Bertz CT molecular complexity index is 207. The zero-order valence-corrected chi connectivity index (χ0v) is 7.67. The summed E-state index contributed by atoms with van der Waals surface area (Å²) in [5, 5.41) is 0. The highest BCUT2D eigenvalue weighted by Crippen LogP contribution is 2.22. The first-order chi connectivity index (χ1) is 4.70. The molecule has 0 aromatic carbocycles. The minimum atomic E-state index is 0.661. The van der Waals surface area contributed by atoms with Gasteiger partial charge in [0.1, 0.15) is 4.34 Å². The maximum atomic E-state index is 5.84. The second-order valence-corrected chi connectivity index (χ2v) is 4.13. The second kappa shape index (κ2) is 3.35. The van der Waals surface area contributed by atoms with Gasteiger partial charge in [0.05, 0.1) is 0 Å². The van der Waals surface area contributed by atoms with Gasteiger partial charge in [-0.05, 0) is 23.9 Å². The highest BCUT2D eigenvalue weighted by molar-refractivity contribution is 7.10. The molecule has 1 aromatic heterocycles. The zero-order chi connectivity index (χ0) is 7.56. The molecule has 0 saturated heterocycles. The molecule has 0 radical (unpaired) electrons. The summed E-state index contributed by atoms with van der Waals surface area (Å²) in [6.07, 6.45) is 2.89. The maximum Gasteiger partial charge on any atom is 0.117 e. The van der Waals surface area contributed by atoms with Crippen molar-refractivity contribution in [3.8, 4) is 0 Å². The Balaban J connectivity index is 2.65. The Morgan fingerprint density at radius 3 is 2.80 bits per heavy atom. The van der Waals surface area contributed by atoms with E-state index in [0.717, 1.165) is 10.8 Å². The molecule has 1 aromatic rings. The number of aromatic nitrogens is 1. The molecule has 56 valence electrons. The third-order valence-electron chi connectivity index (χ3n) is 1.22. The van der Waals surface area contributed by atoms with Crippen LogP contribution in [-0.2, 0) is 6.42 Å². The first-order valence-corrected chi connectivity index (χ1v) is 4.44. The fourth-order valence-electron chi connectivity index (χ4n) is 0.818. The number of hydrogen-bond acceptors (Lipinski definition) is 2. The van der Waals surface area contributed by atoms with Crippen LogP contribution in [0.1, 0.15) is 19.4 Å². The van der Waals surface area contributed by atoms with Crippen molar-refractivity contribution in [2.24, 2.45) is 5.92 Å². The van der Waals surface area contributed by atoms with E-state index >= 15 is 0 Å². The van der Waals surface area contributed by atoms with Crippen LogP contribution in [0.4, 0.5) is 0 Å². The minimum Gasteiger partial charge on any atom is -0.199 e. The van der Waals surface area contributed by atoms with E-state index in [1.54, 1.807) is 0 Å². The molecule has 0 aliphatic rings. The summed E-state index contributed by atoms with van der Waals surface area (Å²) < 4.78 is 4.83. The third-order valence-corrected chi connectivity index (χ3v) is 2.31. The van der Waals surface area contributed by atoms with Crippen molar-refractivity contribution in [3.63, 3.8) is 0 Å². The summed E-state index contributed by atoms with van der Waals surface area (Å²) in [4.78, 5) is 0. The van der Waals surface area contributed by atoms with Crippen molar-refractivity contribution in [1.29, 1.82) is 0 Å². The fourth-order valence-corrected chi connectivity index (χ4v) is 1.59. The lowest BCUT2D eigenvalue weighted by Crippen LogP contribution is -1.91. The molecule has 0 spiro atoms. The topological polar surface area (TPSA) is 12.9 Å². The lowest BCUT2D eigenvalue weighted by molar-refractivity contribution is 0.648. The van der Waals surface area contributed by atoms with E-state index in [1.165, 1.54) is 17.1 Å². The SMILES string of the molecule is CC(C)Cc1cnsc1Cl. The van der Waals surface area contributed by atoms with Crippen LogP contribution in [0.2, 0.25) is 4.34 Å². The predicted octanol–water partition coefficient (Wildman–Crippen LogP) is 3.00. The summed E-state index contributed by atoms with van der Waals surface area (Å²) in [5.41, 5.74) is 1.18. The van der Waals surface area contributed by atoms with E-state index in [9.17, 15) is 0 Å². The number of nitrogens with zero attached hydrogens (tertiary/aromatic N) is 1. The van der Waals surface area contributed by atoms with Gasteiger partial charge in [-0.25, -0.2) is 0 Å². The molecule has 0 aliphatic carbocycles. The van der Waals surface area contributed by atoms with Crippen LogP contribution in [0.15, 0.2) is 6.20 Å². The molecule has 3 heteroatoms. The van der Waals surface area contributed by atoms with Gasteiger partial charge < -0.3 is 0 Å².